The van der Waals surface area contributed by atoms with Gasteiger partial charge in [0.15, 0.2) is 0 Å². The van der Waals surface area contributed by atoms with Gasteiger partial charge >= 0.3 is 0 Å². The zero-order chi connectivity index (χ0) is 13.1. The van der Waals surface area contributed by atoms with Crippen LogP contribution < -0.4 is 10.2 Å². The summed E-state index contributed by atoms with van der Waals surface area (Å²) < 4.78 is 0. The van der Waals surface area contributed by atoms with Gasteiger partial charge in [0.25, 0.3) is 0 Å². The second-order valence-corrected chi connectivity index (χ2v) is 5.27. The van der Waals surface area contributed by atoms with Gasteiger partial charge < -0.3 is 10.2 Å². The summed E-state index contributed by atoms with van der Waals surface area (Å²) in [6, 6.07) is 7.00. The molecule has 18 heavy (non-hydrogen) atoms. The van der Waals surface area contributed by atoms with Crippen LogP contribution in [0.2, 0.25) is 0 Å². The maximum Gasteiger partial charge on any atom is 0.227 e. The van der Waals surface area contributed by atoms with Crippen LogP contribution in [0.4, 0.5) is 5.69 Å². The number of amides is 1. The second kappa shape index (κ2) is 5.53. The van der Waals surface area contributed by atoms with Crippen LogP contribution in [-0.4, -0.2) is 25.5 Å². The van der Waals surface area contributed by atoms with E-state index >= 15 is 0 Å². The highest BCUT2D eigenvalue weighted by Gasteiger charge is 2.20. The van der Waals surface area contributed by atoms with Crippen LogP contribution in [0.25, 0.3) is 0 Å². The van der Waals surface area contributed by atoms with Crippen molar-refractivity contribution in [3.05, 3.63) is 29.3 Å². The minimum absolute atomic E-state index is 0.219. The predicted octanol–water partition coefficient (Wildman–Crippen LogP) is 2.14. The van der Waals surface area contributed by atoms with E-state index in [1.807, 2.05) is 7.05 Å². The zero-order valence-corrected chi connectivity index (χ0v) is 11.5. The van der Waals surface area contributed by atoms with Crippen molar-refractivity contribution in [3.63, 3.8) is 0 Å². The molecule has 1 N–H and O–H groups in total. The van der Waals surface area contributed by atoms with Gasteiger partial charge in [-0.3, -0.25) is 4.79 Å². The fourth-order valence-electron chi connectivity index (χ4n) is 2.37. The predicted molar refractivity (Wildman–Crippen MR) is 75.0 cm³/mol. The third kappa shape index (κ3) is 2.91. The first-order chi connectivity index (χ1) is 8.58. The number of rotatable bonds is 4. The molecule has 0 aliphatic carbocycles. The lowest BCUT2D eigenvalue weighted by Crippen LogP contribution is -2.31. The normalized spacial score (nSPS) is 15.1. The molecule has 0 saturated carbocycles. The Bertz CT molecular complexity index is 440. The molecule has 1 aliphatic rings. The summed E-state index contributed by atoms with van der Waals surface area (Å²) in [6.45, 7) is 5.33. The van der Waals surface area contributed by atoms with Crippen LogP contribution in [0.1, 0.15) is 31.4 Å². The molecule has 2 rings (SSSR count). The highest BCUT2D eigenvalue weighted by Crippen LogP contribution is 2.27. The molecule has 3 nitrogen and oxygen atoms in total. The average Bonchev–Trinajstić information content (AvgIpc) is 2.33. The van der Waals surface area contributed by atoms with Crippen LogP contribution >= 0.6 is 0 Å². The summed E-state index contributed by atoms with van der Waals surface area (Å²) >= 11 is 0. The Morgan fingerprint density at radius 2 is 2.11 bits per heavy atom. The number of anilines is 1. The number of hydrogen-bond donors (Lipinski definition) is 1. The van der Waals surface area contributed by atoms with Gasteiger partial charge in [-0.15, -0.1) is 0 Å². The van der Waals surface area contributed by atoms with E-state index in [1.54, 1.807) is 4.90 Å². The van der Waals surface area contributed by atoms with Gasteiger partial charge in [0.1, 0.15) is 0 Å². The quantitative estimate of drug-likeness (QED) is 0.882. The molecular formula is C15H22N2O. The first kappa shape index (κ1) is 13.1. The third-order valence-corrected chi connectivity index (χ3v) is 3.45. The molecule has 1 amide bonds. The molecule has 0 atom stereocenters. The monoisotopic (exact) mass is 246 g/mol. The third-order valence-electron chi connectivity index (χ3n) is 3.45. The molecule has 3 heteroatoms. The Balaban J connectivity index is 2.06. The minimum Gasteiger partial charge on any atom is -0.315 e. The fourth-order valence-corrected chi connectivity index (χ4v) is 2.37. The maximum atomic E-state index is 11.6. The summed E-state index contributed by atoms with van der Waals surface area (Å²) in [4.78, 5) is 13.4. The summed E-state index contributed by atoms with van der Waals surface area (Å²) in [5, 5.41) is 3.43. The summed E-state index contributed by atoms with van der Waals surface area (Å²) in [6.07, 6.45) is 2.56. The van der Waals surface area contributed by atoms with Gasteiger partial charge in [0, 0.05) is 25.2 Å². The number of carbonyl (C=O) groups is 1. The van der Waals surface area contributed by atoms with Crippen LogP contribution in [0.15, 0.2) is 18.2 Å². The van der Waals surface area contributed by atoms with Crippen molar-refractivity contribution in [2.24, 2.45) is 0 Å². The van der Waals surface area contributed by atoms with E-state index in [4.69, 9.17) is 0 Å². The number of fused-ring (bicyclic) bond motifs is 1. The molecule has 0 spiro atoms. The second-order valence-electron chi connectivity index (χ2n) is 5.27. The van der Waals surface area contributed by atoms with Crippen LogP contribution in [0.3, 0.4) is 0 Å². The Morgan fingerprint density at radius 3 is 2.83 bits per heavy atom. The number of benzene rings is 1. The van der Waals surface area contributed by atoms with Crippen molar-refractivity contribution >= 4 is 11.6 Å². The van der Waals surface area contributed by atoms with Crippen molar-refractivity contribution in [1.29, 1.82) is 0 Å². The van der Waals surface area contributed by atoms with E-state index in [2.05, 4.69) is 37.4 Å². The van der Waals surface area contributed by atoms with Gasteiger partial charge in [0.05, 0.1) is 0 Å². The molecule has 0 radical (unpaired) electrons. The first-order valence-corrected chi connectivity index (χ1v) is 6.69. The van der Waals surface area contributed by atoms with Crippen molar-refractivity contribution in [2.75, 3.05) is 18.5 Å². The van der Waals surface area contributed by atoms with E-state index in [1.165, 1.54) is 11.1 Å². The lowest BCUT2D eigenvalue weighted by Gasteiger charge is -2.26. The van der Waals surface area contributed by atoms with Gasteiger partial charge in [-0.05, 0) is 36.6 Å². The van der Waals surface area contributed by atoms with Gasteiger partial charge in [-0.1, -0.05) is 26.0 Å². The van der Waals surface area contributed by atoms with Crippen molar-refractivity contribution in [2.45, 2.75) is 39.2 Å². The first-order valence-electron chi connectivity index (χ1n) is 6.69. The average molecular weight is 246 g/mol. The number of carbonyl (C=O) groups excluding carboxylic acids is 1. The maximum absolute atomic E-state index is 11.6. The lowest BCUT2D eigenvalue weighted by atomic mass is 9.98. The topological polar surface area (TPSA) is 32.3 Å². The van der Waals surface area contributed by atoms with Crippen LogP contribution in [-0.2, 0) is 17.6 Å². The smallest absolute Gasteiger partial charge is 0.227 e. The molecule has 98 valence electrons. The molecule has 1 heterocycles. The number of aryl methyl sites for hydroxylation is 1. The molecule has 0 fully saturated rings. The molecule has 0 unspecified atom stereocenters. The SMILES string of the molecule is CC(C)NCCc1ccc2c(c1)CCC(=O)N2C. The van der Waals surface area contributed by atoms with Gasteiger partial charge in [0.2, 0.25) is 5.91 Å². The Morgan fingerprint density at radius 1 is 1.33 bits per heavy atom. The number of nitrogens with zero attached hydrogens (tertiary/aromatic N) is 1. The largest absolute Gasteiger partial charge is 0.315 e. The lowest BCUT2D eigenvalue weighted by molar-refractivity contribution is -0.118. The molecule has 0 bridgehead atoms. The van der Waals surface area contributed by atoms with Gasteiger partial charge in [-0.2, -0.15) is 0 Å². The van der Waals surface area contributed by atoms with Crippen molar-refractivity contribution < 1.29 is 4.79 Å². The summed E-state index contributed by atoms with van der Waals surface area (Å²) in [5.41, 5.74) is 3.73. The molecule has 0 saturated heterocycles. The molecule has 1 aromatic carbocycles. The van der Waals surface area contributed by atoms with Gasteiger partial charge in [-0.25, -0.2) is 0 Å². The Kier molecular flexibility index (Phi) is 4.02. The van der Waals surface area contributed by atoms with Crippen molar-refractivity contribution in [1.82, 2.24) is 5.32 Å². The fraction of sp³-hybridized carbons (Fsp3) is 0.533. The van der Waals surface area contributed by atoms with E-state index in [0.29, 0.717) is 12.5 Å². The zero-order valence-electron chi connectivity index (χ0n) is 11.5. The van der Waals surface area contributed by atoms with Crippen molar-refractivity contribution in [3.8, 4) is 0 Å². The Hall–Kier alpha value is -1.35. The summed E-state index contributed by atoms with van der Waals surface area (Å²) in [7, 11) is 1.86. The highest BCUT2D eigenvalue weighted by atomic mass is 16.2. The van der Waals surface area contributed by atoms with Crippen LogP contribution in [0, 0.1) is 0 Å². The Labute approximate surface area is 109 Å². The number of nitrogens with one attached hydrogen (secondary N) is 1. The number of hydrogen-bond acceptors (Lipinski definition) is 2. The molecule has 0 aromatic heterocycles. The highest BCUT2D eigenvalue weighted by molar-refractivity contribution is 5.95. The standard InChI is InChI=1S/C15H22N2O/c1-11(2)16-9-8-12-4-6-14-13(10-12)5-7-15(18)17(14)3/h4,6,10-11,16H,5,7-9H2,1-3H3. The van der Waals surface area contributed by atoms with Crippen LogP contribution in [0.5, 0.6) is 0 Å². The minimum atomic E-state index is 0.219. The molecule has 1 aromatic rings. The van der Waals surface area contributed by atoms with E-state index in [9.17, 15) is 4.79 Å². The van der Waals surface area contributed by atoms with E-state index in [0.717, 1.165) is 25.1 Å². The van der Waals surface area contributed by atoms with E-state index < -0.39 is 0 Å². The summed E-state index contributed by atoms with van der Waals surface area (Å²) in [5.74, 6) is 0.219. The molecule has 1 aliphatic heterocycles. The molecular weight excluding hydrogens is 224 g/mol. The van der Waals surface area contributed by atoms with E-state index in [-0.39, 0.29) is 5.91 Å².